The Balaban J connectivity index is 2.10. The van der Waals surface area contributed by atoms with Gasteiger partial charge in [-0.05, 0) is 17.7 Å². The zero-order valence-electron chi connectivity index (χ0n) is 9.30. The van der Waals surface area contributed by atoms with Crippen LogP contribution in [0.2, 0.25) is 0 Å². The Morgan fingerprint density at radius 1 is 1.33 bits per heavy atom. The maximum atomic E-state index is 11.0. The molecule has 0 spiro atoms. The van der Waals surface area contributed by atoms with Crippen molar-refractivity contribution in [2.75, 3.05) is 5.32 Å². The Bertz CT molecular complexity index is 558. The van der Waals surface area contributed by atoms with Gasteiger partial charge in [0.15, 0.2) is 0 Å². The zero-order chi connectivity index (χ0) is 13.0. The van der Waals surface area contributed by atoms with Crippen molar-refractivity contribution in [3.8, 4) is 0 Å². The molecule has 0 saturated carbocycles. The fourth-order valence-corrected chi connectivity index (χ4v) is 1.68. The summed E-state index contributed by atoms with van der Waals surface area (Å²) >= 11 is 3.35. The predicted molar refractivity (Wildman–Crippen MR) is 70.5 cm³/mol. The van der Waals surface area contributed by atoms with E-state index >= 15 is 0 Å². The standard InChI is InChI=1S/C12H10BrN3O2/c13-9-3-1-8(2-4-9)5-15-11-10(12(17)18)6-14-7-16-11/h1-4,6-7H,5H2,(H,17,18)(H,14,15,16). The fourth-order valence-electron chi connectivity index (χ4n) is 1.42. The zero-order valence-corrected chi connectivity index (χ0v) is 10.9. The molecule has 0 bridgehead atoms. The van der Waals surface area contributed by atoms with Gasteiger partial charge >= 0.3 is 5.97 Å². The van der Waals surface area contributed by atoms with E-state index in [-0.39, 0.29) is 5.56 Å². The van der Waals surface area contributed by atoms with Crippen molar-refractivity contribution in [2.24, 2.45) is 0 Å². The van der Waals surface area contributed by atoms with Gasteiger partial charge in [0.05, 0.1) is 0 Å². The Morgan fingerprint density at radius 3 is 2.72 bits per heavy atom. The smallest absolute Gasteiger partial charge is 0.341 e. The number of carboxylic acid groups (broad SMARTS) is 1. The number of benzene rings is 1. The first-order valence-corrected chi connectivity index (χ1v) is 5.98. The van der Waals surface area contributed by atoms with Gasteiger partial charge in [0.2, 0.25) is 0 Å². The summed E-state index contributed by atoms with van der Waals surface area (Å²) in [6, 6.07) is 7.74. The minimum absolute atomic E-state index is 0.0645. The summed E-state index contributed by atoms with van der Waals surface area (Å²) in [4.78, 5) is 18.6. The van der Waals surface area contributed by atoms with Crippen molar-refractivity contribution in [3.05, 3.63) is 52.4 Å². The first-order chi connectivity index (χ1) is 8.66. The third-order valence-electron chi connectivity index (χ3n) is 2.32. The molecule has 0 aliphatic rings. The lowest BCUT2D eigenvalue weighted by molar-refractivity contribution is 0.0697. The first-order valence-electron chi connectivity index (χ1n) is 5.18. The quantitative estimate of drug-likeness (QED) is 0.908. The maximum Gasteiger partial charge on any atom is 0.341 e. The SMILES string of the molecule is O=C(O)c1cncnc1NCc1ccc(Br)cc1. The van der Waals surface area contributed by atoms with Crippen molar-refractivity contribution >= 4 is 27.7 Å². The van der Waals surface area contributed by atoms with Gasteiger partial charge in [-0.2, -0.15) is 0 Å². The van der Waals surface area contributed by atoms with E-state index in [0.29, 0.717) is 12.4 Å². The molecule has 0 saturated heterocycles. The molecule has 1 aromatic heterocycles. The third kappa shape index (κ3) is 3.04. The Hall–Kier alpha value is -1.95. The first kappa shape index (κ1) is 12.5. The number of nitrogens with zero attached hydrogens (tertiary/aromatic N) is 2. The fraction of sp³-hybridized carbons (Fsp3) is 0.0833. The number of hydrogen-bond acceptors (Lipinski definition) is 4. The minimum atomic E-state index is -1.05. The molecule has 0 aliphatic heterocycles. The predicted octanol–water partition coefficient (Wildman–Crippen LogP) is 2.55. The van der Waals surface area contributed by atoms with Crippen molar-refractivity contribution in [3.63, 3.8) is 0 Å². The molecule has 2 N–H and O–H groups in total. The second-order valence-electron chi connectivity index (χ2n) is 3.57. The van der Waals surface area contributed by atoms with Crippen molar-refractivity contribution in [1.82, 2.24) is 9.97 Å². The van der Waals surface area contributed by atoms with Crippen LogP contribution in [0, 0.1) is 0 Å². The Kier molecular flexibility index (Phi) is 3.88. The second kappa shape index (κ2) is 5.59. The van der Waals surface area contributed by atoms with Crippen LogP contribution in [0.25, 0.3) is 0 Å². The van der Waals surface area contributed by atoms with E-state index < -0.39 is 5.97 Å². The lowest BCUT2D eigenvalue weighted by atomic mass is 10.2. The van der Waals surface area contributed by atoms with Crippen LogP contribution in [0.3, 0.4) is 0 Å². The molecule has 2 rings (SSSR count). The van der Waals surface area contributed by atoms with E-state index in [1.165, 1.54) is 12.5 Å². The second-order valence-corrected chi connectivity index (χ2v) is 4.49. The van der Waals surface area contributed by atoms with Crippen LogP contribution in [-0.2, 0) is 6.54 Å². The number of carboxylic acids is 1. The van der Waals surface area contributed by atoms with Gasteiger partial charge in [0, 0.05) is 17.2 Å². The molecule has 0 aliphatic carbocycles. The molecule has 0 radical (unpaired) electrons. The highest BCUT2D eigenvalue weighted by molar-refractivity contribution is 9.10. The van der Waals surface area contributed by atoms with Crippen LogP contribution in [0.15, 0.2) is 41.3 Å². The highest BCUT2D eigenvalue weighted by Gasteiger charge is 2.10. The molecule has 2 aromatic rings. The molecular weight excluding hydrogens is 298 g/mol. The molecule has 0 unspecified atom stereocenters. The molecule has 0 amide bonds. The van der Waals surface area contributed by atoms with E-state index in [9.17, 15) is 4.79 Å². The lowest BCUT2D eigenvalue weighted by Gasteiger charge is -2.07. The van der Waals surface area contributed by atoms with Crippen molar-refractivity contribution in [1.29, 1.82) is 0 Å². The number of hydrogen-bond donors (Lipinski definition) is 2. The van der Waals surface area contributed by atoms with Crippen LogP contribution in [0.5, 0.6) is 0 Å². The summed E-state index contributed by atoms with van der Waals surface area (Å²) in [7, 11) is 0. The monoisotopic (exact) mass is 307 g/mol. The maximum absolute atomic E-state index is 11.0. The lowest BCUT2D eigenvalue weighted by Crippen LogP contribution is -2.08. The number of aromatic nitrogens is 2. The minimum Gasteiger partial charge on any atom is -0.477 e. The molecule has 1 aromatic carbocycles. The van der Waals surface area contributed by atoms with Crippen LogP contribution in [0.4, 0.5) is 5.82 Å². The normalized spacial score (nSPS) is 10.1. The van der Waals surface area contributed by atoms with E-state index in [1.807, 2.05) is 24.3 Å². The highest BCUT2D eigenvalue weighted by Crippen LogP contribution is 2.14. The largest absolute Gasteiger partial charge is 0.477 e. The molecule has 18 heavy (non-hydrogen) atoms. The molecule has 6 heteroatoms. The summed E-state index contributed by atoms with van der Waals surface area (Å²) in [5.74, 6) is -0.727. The molecule has 1 heterocycles. The summed E-state index contributed by atoms with van der Waals surface area (Å²) in [5.41, 5.74) is 1.10. The molecule has 0 fully saturated rings. The number of nitrogens with one attached hydrogen (secondary N) is 1. The van der Waals surface area contributed by atoms with E-state index in [2.05, 4.69) is 31.2 Å². The van der Waals surface area contributed by atoms with E-state index in [4.69, 9.17) is 5.11 Å². The Morgan fingerprint density at radius 2 is 2.06 bits per heavy atom. The van der Waals surface area contributed by atoms with E-state index in [1.54, 1.807) is 0 Å². The van der Waals surface area contributed by atoms with Gasteiger partial charge in [0.25, 0.3) is 0 Å². The summed E-state index contributed by atoms with van der Waals surface area (Å²) in [5, 5.41) is 12.0. The van der Waals surface area contributed by atoms with Crippen LogP contribution < -0.4 is 5.32 Å². The summed E-state index contributed by atoms with van der Waals surface area (Å²) in [6.07, 6.45) is 2.59. The molecule has 92 valence electrons. The average molecular weight is 308 g/mol. The third-order valence-corrected chi connectivity index (χ3v) is 2.84. The average Bonchev–Trinajstić information content (AvgIpc) is 2.38. The van der Waals surface area contributed by atoms with Crippen molar-refractivity contribution in [2.45, 2.75) is 6.54 Å². The van der Waals surface area contributed by atoms with Gasteiger partial charge in [-0.1, -0.05) is 28.1 Å². The van der Waals surface area contributed by atoms with Gasteiger partial charge in [-0.25, -0.2) is 14.8 Å². The van der Waals surface area contributed by atoms with Crippen LogP contribution >= 0.6 is 15.9 Å². The topological polar surface area (TPSA) is 75.1 Å². The van der Waals surface area contributed by atoms with Gasteiger partial charge < -0.3 is 10.4 Å². The number of rotatable bonds is 4. The van der Waals surface area contributed by atoms with Crippen LogP contribution in [0.1, 0.15) is 15.9 Å². The van der Waals surface area contributed by atoms with Crippen molar-refractivity contribution < 1.29 is 9.90 Å². The number of aromatic carboxylic acids is 1. The van der Waals surface area contributed by atoms with Crippen LogP contribution in [-0.4, -0.2) is 21.0 Å². The highest BCUT2D eigenvalue weighted by atomic mass is 79.9. The van der Waals surface area contributed by atoms with E-state index in [0.717, 1.165) is 10.0 Å². The van der Waals surface area contributed by atoms with Gasteiger partial charge in [-0.3, -0.25) is 0 Å². The molecular formula is C12H10BrN3O2. The van der Waals surface area contributed by atoms with Gasteiger partial charge in [-0.15, -0.1) is 0 Å². The molecule has 5 nitrogen and oxygen atoms in total. The number of halogens is 1. The molecule has 0 atom stereocenters. The number of carbonyl (C=O) groups is 1. The van der Waals surface area contributed by atoms with Gasteiger partial charge in [0.1, 0.15) is 17.7 Å². The number of anilines is 1. The Labute approximate surface area is 112 Å². The summed E-state index contributed by atoms with van der Waals surface area (Å²) in [6.45, 7) is 0.505. The summed E-state index contributed by atoms with van der Waals surface area (Å²) < 4.78 is 1.000.